The molecule has 1 aliphatic heterocycles. The lowest BCUT2D eigenvalue weighted by molar-refractivity contribution is 0.0635. The van der Waals surface area contributed by atoms with Gasteiger partial charge < -0.3 is 4.74 Å². The minimum absolute atomic E-state index is 0.222. The van der Waals surface area contributed by atoms with Gasteiger partial charge in [0.2, 0.25) is 0 Å². The van der Waals surface area contributed by atoms with Gasteiger partial charge in [0, 0.05) is 0 Å². The highest BCUT2D eigenvalue weighted by molar-refractivity contribution is 5.24. The molecule has 1 aromatic rings. The summed E-state index contributed by atoms with van der Waals surface area (Å²) in [5.74, 6) is 0. The van der Waals surface area contributed by atoms with Crippen LogP contribution in [-0.4, -0.2) is 6.61 Å². The Morgan fingerprint density at radius 1 is 1.29 bits per heavy atom. The predicted octanol–water partition coefficient (Wildman–Crippen LogP) is 3.26. The Balaban J connectivity index is 2.10. The maximum Gasteiger partial charge on any atom is 0.0864 e. The van der Waals surface area contributed by atoms with Gasteiger partial charge in [0.15, 0.2) is 0 Å². The zero-order valence-corrected chi connectivity index (χ0v) is 8.15. The second-order valence-corrected chi connectivity index (χ2v) is 3.43. The third-order valence-corrected chi connectivity index (χ3v) is 2.48. The first kappa shape index (κ1) is 9.22. The molecule has 1 atom stereocenters. The summed E-state index contributed by atoms with van der Waals surface area (Å²) in [6.45, 7) is 4.42. The zero-order chi connectivity index (χ0) is 9.80. The Hall–Kier alpha value is -1.34. The first-order valence-corrected chi connectivity index (χ1v) is 4.88. The molecule has 14 heavy (non-hydrogen) atoms. The Labute approximate surface area is 84.7 Å². The smallest absolute Gasteiger partial charge is 0.0864 e. The van der Waals surface area contributed by atoms with Crippen molar-refractivity contribution in [2.24, 2.45) is 0 Å². The number of hydrogen-bond donors (Lipinski definition) is 0. The highest BCUT2D eigenvalue weighted by Crippen LogP contribution is 2.26. The van der Waals surface area contributed by atoms with Crippen molar-refractivity contribution in [3.63, 3.8) is 0 Å². The molecule has 0 aromatic heterocycles. The number of ether oxygens (including phenoxy) is 1. The van der Waals surface area contributed by atoms with Crippen LogP contribution in [0.15, 0.2) is 54.6 Å². The van der Waals surface area contributed by atoms with E-state index in [0.29, 0.717) is 6.61 Å². The van der Waals surface area contributed by atoms with Gasteiger partial charge in [-0.2, -0.15) is 0 Å². The Bertz CT molecular complexity index is 338. The van der Waals surface area contributed by atoms with Crippen LogP contribution in [0.3, 0.4) is 0 Å². The summed E-state index contributed by atoms with van der Waals surface area (Å²) >= 11 is 0. The largest absolute Gasteiger partial charge is 0.369 e. The average Bonchev–Trinajstić information content (AvgIpc) is 2.30. The van der Waals surface area contributed by atoms with Crippen molar-refractivity contribution >= 4 is 0 Å². The maximum absolute atomic E-state index is 5.73. The van der Waals surface area contributed by atoms with Crippen LogP contribution in [0.25, 0.3) is 0 Å². The molecule has 0 spiro atoms. The van der Waals surface area contributed by atoms with E-state index in [1.807, 2.05) is 24.3 Å². The lowest BCUT2D eigenvalue weighted by Crippen LogP contribution is -2.10. The summed E-state index contributed by atoms with van der Waals surface area (Å²) in [6, 6.07) is 10.3. The topological polar surface area (TPSA) is 9.23 Å². The van der Waals surface area contributed by atoms with Gasteiger partial charge in [0.05, 0.1) is 12.7 Å². The minimum atomic E-state index is 0.222. The Morgan fingerprint density at radius 2 is 2.07 bits per heavy atom. The highest BCUT2D eigenvalue weighted by atomic mass is 16.5. The molecule has 0 unspecified atom stereocenters. The van der Waals surface area contributed by atoms with E-state index in [1.165, 1.54) is 11.1 Å². The molecule has 0 saturated heterocycles. The first-order chi connectivity index (χ1) is 6.90. The third kappa shape index (κ3) is 1.94. The van der Waals surface area contributed by atoms with Crippen LogP contribution in [0.4, 0.5) is 0 Å². The molecule has 0 aliphatic carbocycles. The van der Waals surface area contributed by atoms with Crippen LogP contribution in [0.2, 0.25) is 0 Å². The standard InChI is InChI=1S/C13H14O/c1-2-11-8-9-13(14-10-11)12-6-4-3-5-7-12/h2-8,13H,1,9-10H2/t13-/m1/s1. The van der Waals surface area contributed by atoms with E-state index in [0.717, 1.165) is 6.42 Å². The van der Waals surface area contributed by atoms with Crippen molar-refractivity contribution in [1.29, 1.82) is 0 Å². The van der Waals surface area contributed by atoms with Crippen molar-refractivity contribution < 1.29 is 4.74 Å². The fourth-order valence-electron chi connectivity index (χ4n) is 1.62. The van der Waals surface area contributed by atoms with E-state index in [-0.39, 0.29) is 6.10 Å². The van der Waals surface area contributed by atoms with Crippen molar-refractivity contribution in [2.45, 2.75) is 12.5 Å². The van der Waals surface area contributed by atoms with E-state index >= 15 is 0 Å². The molecule has 0 radical (unpaired) electrons. The van der Waals surface area contributed by atoms with Gasteiger partial charge in [-0.1, -0.05) is 49.1 Å². The van der Waals surface area contributed by atoms with Crippen LogP contribution < -0.4 is 0 Å². The normalized spacial score (nSPS) is 21.4. The molecule has 0 N–H and O–H groups in total. The first-order valence-electron chi connectivity index (χ1n) is 4.88. The molecule has 1 nitrogen and oxygen atoms in total. The molecule has 0 bridgehead atoms. The average molecular weight is 186 g/mol. The fraction of sp³-hybridized carbons (Fsp3) is 0.231. The quantitative estimate of drug-likeness (QED) is 0.688. The summed E-state index contributed by atoms with van der Waals surface area (Å²) in [4.78, 5) is 0. The molecule has 0 saturated carbocycles. The fourth-order valence-corrected chi connectivity index (χ4v) is 1.62. The molecule has 1 aromatic carbocycles. The second-order valence-electron chi connectivity index (χ2n) is 3.43. The van der Waals surface area contributed by atoms with E-state index in [2.05, 4.69) is 24.8 Å². The van der Waals surface area contributed by atoms with E-state index in [4.69, 9.17) is 4.74 Å². The molecular formula is C13H14O. The van der Waals surface area contributed by atoms with Crippen molar-refractivity contribution in [3.05, 3.63) is 60.2 Å². The van der Waals surface area contributed by atoms with Crippen molar-refractivity contribution in [2.75, 3.05) is 6.61 Å². The number of benzene rings is 1. The third-order valence-electron chi connectivity index (χ3n) is 2.48. The van der Waals surface area contributed by atoms with Gasteiger partial charge in [-0.25, -0.2) is 0 Å². The molecule has 2 rings (SSSR count). The summed E-state index contributed by atoms with van der Waals surface area (Å²) in [5.41, 5.74) is 2.45. The lowest BCUT2D eigenvalue weighted by Gasteiger charge is -2.21. The van der Waals surface area contributed by atoms with E-state index < -0.39 is 0 Å². The molecule has 1 heterocycles. The lowest BCUT2D eigenvalue weighted by atomic mass is 10.0. The van der Waals surface area contributed by atoms with Gasteiger partial charge in [0.1, 0.15) is 0 Å². The van der Waals surface area contributed by atoms with Crippen molar-refractivity contribution in [3.8, 4) is 0 Å². The van der Waals surface area contributed by atoms with E-state index in [9.17, 15) is 0 Å². The molecule has 1 heteroatoms. The summed E-state index contributed by atoms with van der Waals surface area (Å²) in [6.07, 6.45) is 5.24. The van der Waals surface area contributed by atoms with Crippen LogP contribution in [0.1, 0.15) is 18.1 Å². The highest BCUT2D eigenvalue weighted by Gasteiger charge is 2.14. The Morgan fingerprint density at radius 3 is 2.64 bits per heavy atom. The summed E-state index contributed by atoms with van der Waals surface area (Å²) in [5, 5.41) is 0. The zero-order valence-electron chi connectivity index (χ0n) is 8.15. The van der Waals surface area contributed by atoms with Crippen LogP contribution >= 0.6 is 0 Å². The molecule has 0 fully saturated rings. The predicted molar refractivity (Wildman–Crippen MR) is 58.0 cm³/mol. The molecular weight excluding hydrogens is 172 g/mol. The summed E-state index contributed by atoms with van der Waals surface area (Å²) < 4.78 is 5.73. The SMILES string of the molecule is C=CC1=CC[C@H](c2ccccc2)OC1. The van der Waals surface area contributed by atoms with Crippen LogP contribution in [0, 0.1) is 0 Å². The minimum Gasteiger partial charge on any atom is -0.369 e. The van der Waals surface area contributed by atoms with Gasteiger partial charge in [-0.05, 0) is 17.6 Å². The van der Waals surface area contributed by atoms with E-state index in [1.54, 1.807) is 0 Å². The molecule has 1 aliphatic rings. The van der Waals surface area contributed by atoms with Gasteiger partial charge >= 0.3 is 0 Å². The van der Waals surface area contributed by atoms with Gasteiger partial charge in [-0.3, -0.25) is 0 Å². The monoisotopic (exact) mass is 186 g/mol. The number of rotatable bonds is 2. The molecule has 72 valence electrons. The van der Waals surface area contributed by atoms with Crippen LogP contribution in [-0.2, 0) is 4.74 Å². The molecule has 0 amide bonds. The van der Waals surface area contributed by atoms with Crippen LogP contribution in [0.5, 0.6) is 0 Å². The second kappa shape index (κ2) is 4.25. The Kier molecular flexibility index (Phi) is 2.80. The van der Waals surface area contributed by atoms with Crippen molar-refractivity contribution in [1.82, 2.24) is 0 Å². The van der Waals surface area contributed by atoms with Gasteiger partial charge in [-0.15, -0.1) is 0 Å². The van der Waals surface area contributed by atoms with Gasteiger partial charge in [0.25, 0.3) is 0 Å². The number of hydrogen-bond acceptors (Lipinski definition) is 1. The maximum atomic E-state index is 5.73. The summed E-state index contributed by atoms with van der Waals surface area (Å²) in [7, 11) is 0.